The highest BCUT2D eigenvalue weighted by atomic mass is 16.7. The summed E-state index contributed by atoms with van der Waals surface area (Å²) in [6.07, 6.45) is 2.91. The number of benzene rings is 1. The number of piperidine rings is 1. The zero-order valence-electron chi connectivity index (χ0n) is 23.7. The Hall–Kier alpha value is -2.26. The van der Waals surface area contributed by atoms with E-state index in [9.17, 15) is 9.59 Å². The second kappa shape index (κ2) is 10.0. The Kier molecular flexibility index (Phi) is 7.22. The lowest BCUT2D eigenvalue weighted by molar-refractivity contribution is -0.199. The fourth-order valence-corrected chi connectivity index (χ4v) is 7.02. The molecule has 2 saturated heterocycles. The van der Waals surface area contributed by atoms with Crippen molar-refractivity contribution in [1.82, 2.24) is 10.2 Å². The molecule has 9 heteroatoms. The van der Waals surface area contributed by atoms with Crippen molar-refractivity contribution in [1.29, 1.82) is 0 Å². The second-order valence-electron chi connectivity index (χ2n) is 13.4. The van der Waals surface area contributed by atoms with Crippen LogP contribution in [-0.4, -0.2) is 66.6 Å². The van der Waals surface area contributed by atoms with Gasteiger partial charge in [-0.1, -0.05) is 44.2 Å². The van der Waals surface area contributed by atoms with E-state index in [4.69, 9.17) is 18.8 Å². The van der Waals surface area contributed by atoms with E-state index >= 15 is 0 Å². The van der Waals surface area contributed by atoms with E-state index in [1.54, 1.807) is 4.90 Å². The summed E-state index contributed by atoms with van der Waals surface area (Å²) in [5, 5.41) is 3.07. The van der Waals surface area contributed by atoms with Crippen molar-refractivity contribution in [2.75, 3.05) is 13.1 Å². The van der Waals surface area contributed by atoms with Crippen LogP contribution in [0.1, 0.15) is 72.8 Å². The zero-order chi connectivity index (χ0) is 27.3. The van der Waals surface area contributed by atoms with E-state index in [0.717, 1.165) is 18.4 Å². The van der Waals surface area contributed by atoms with E-state index < -0.39 is 30.9 Å². The molecule has 5 fully saturated rings. The molecule has 1 aromatic carbocycles. The Balaban J connectivity index is 1.24. The molecule has 6 atom stereocenters. The smallest absolute Gasteiger partial charge is 0.444 e. The lowest BCUT2D eigenvalue weighted by Gasteiger charge is -2.64. The molecule has 2 aliphatic heterocycles. The number of alkyl carbamates (subject to hydrolysis) is 1. The van der Waals surface area contributed by atoms with Crippen LogP contribution in [0.4, 0.5) is 9.59 Å². The standard InChI is InChI=1S/C29H43BN2O6/c1-27(2,3)36-26(34)32-14-10-13-21(18-32)35-25(33)31-24(15-19-11-8-7-9-12-19)30-37-23-17-20-16-22(28(20,4)5)29(23,6)38-30/h7-9,11-12,20-24H,10,13-18H2,1-6H3,(H,31,33)/t20-,21+,22-,23+,24-,29-/m0/s1. The molecule has 2 bridgehead atoms. The number of amides is 2. The second-order valence-corrected chi connectivity index (χ2v) is 13.4. The highest BCUT2D eigenvalue weighted by Crippen LogP contribution is 2.65. The third kappa shape index (κ3) is 5.41. The fourth-order valence-electron chi connectivity index (χ4n) is 7.02. The van der Waals surface area contributed by atoms with Gasteiger partial charge in [-0.05, 0) is 82.6 Å². The van der Waals surface area contributed by atoms with Crippen molar-refractivity contribution in [3.8, 4) is 0 Å². The highest BCUT2D eigenvalue weighted by molar-refractivity contribution is 6.47. The van der Waals surface area contributed by atoms with E-state index in [-0.39, 0.29) is 23.2 Å². The molecule has 3 aliphatic carbocycles. The van der Waals surface area contributed by atoms with Gasteiger partial charge in [0.25, 0.3) is 0 Å². The van der Waals surface area contributed by atoms with Crippen LogP contribution in [0.2, 0.25) is 0 Å². The monoisotopic (exact) mass is 526 g/mol. The largest absolute Gasteiger partial charge is 0.482 e. The first-order chi connectivity index (χ1) is 17.8. The molecular weight excluding hydrogens is 483 g/mol. The SMILES string of the molecule is CC(C)(C)OC(=O)N1CCC[C@@H](OC(=O)N[C@@H](Cc2ccccc2)B2O[C@@H]3C[C@@H]4C[C@@H](C4(C)C)[C@]3(C)O2)C1. The summed E-state index contributed by atoms with van der Waals surface area (Å²) in [5.74, 6) is 0.685. The van der Waals surface area contributed by atoms with Gasteiger partial charge < -0.3 is 29.0 Å². The van der Waals surface area contributed by atoms with Crippen molar-refractivity contribution in [2.45, 2.75) is 103 Å². The van der Waals surface area contributed by atoms with Gasteiger partial charge in [-0.2, -0.15) is 0 Å². The quantitative estimate of drug-likeness (QED) is 0.544. The number of hydrogen-bond donors (Lipinski definition) is 1. The molecule has 1 N–H and O–H groups in total. The van der Waals surface area contributed by atoms with Gasteiger partial charge in [-0.15, -0.1) is 0 Å². The van der Waals surface area contributed by atoms with Gasteiger partial charge in [-0.3, -0.25) is 0 Å². The Morgan fingerprint density at radius 2 is 1.92 bits per heavy atom. The molecule has 2 amide bonds. The topological polar surface area (TPSA) is 86.3 Å². The number of carbonyl (C=O) groups is 2. The molecule has 0 radical (unpaired) electrons. The number of carbonyl (C=O) groups excluding carboxylic acids is 2. The van der Waals surface area contributed by atoms with Gasteiger partial charge in [0.1, 0.15) is 11.7 Å². The molecule has 6 rings (SSSR count). The van der Waals surface area contributed by atoms with E-state index in [1.165, 1.54) is 6.42 Å². The van der Waals surface area contributed by atoms with Crippen LogP contribution in [0.25, 0.3) is 0 Å². The van der Waals surface area contributed by atoms with E-state index in [1.807, 2.05) is 51.1 Å². The normalized spacial score (nSPS) is 32.6. The predicted molar refractivity (Wildman–Crippen MR) is 144 cm³/mol. The third-order valence-corrected chi connectivity index (χ3v) is 9.20. The summed E-state index contributed by atoms with van der Waals surface area (Å²) in [5.41, 5.74) is 0.396. The maximum absolute atomic E-state index is 13.2. The van der Waals surface area contributed by atoms with Crippen LogP contribution in [0, 0.1) is 17.3 Å². The Morgan fingerprint density at radius 1 is 1.18 bits per heavy atom. The van der Waals surface area contributed by atoms with Gasteiger partial charge >= 0.3 is 19.3 Å². The fraction of sp³-hybridized carbons (Fsp3) is 0.724. The molecule has 5 aliphatic rings. The number of rotatable bonds is 5. The summed E-state index contributed by atoms with van der Waals surface area (Å²) in [6.45, 7) is 13.3. The summed E-state index contributed by atoms with van der Waals surface area (Å²) in [7, 11) is -0.558. The molecule has 0 aromatic heterocycles. The number of hydrogen-bond acceptors (Lipinski definition) is 6. The number of nitrogens with zero attached hydrogens (tertiary/aromatic N) is 1. The summed E-state index contributed by atoms with van der Waals surface area (Å²) in [6, 6.07) is 10.1. The van der Waals surface area contributed by atoms with Gasteiger partial charge in [0.15, 0.2) is 0 Å². The Bertz CT molecular complexity index is 1030. The first-order valence-corrected chi connectivity index (χ1v) is 14.2. The summed E-state index contributed by atoms with van der Waals surface area (Å²) in [4.78, 5) is 27.3. The lowest BCUT2D eigenvalue weighted by Crippen LogP contribution is -2.65. The predicted octanol–water partition coefficient (Wildman–Crippen LogP) is 4.99. The third-order valence-electron chi connectivity index (χ3n) is 9.20. The van der Waals surface area contributed by atoms with Gasteiger partial charge in [0, 0.05) is 6.54 Å². The van der Waals surface area contributed by atoms with E-state index in [0.29, 0.717) is 37.8 Å². The first kappa shape index (κ1) is 27.3. The zero-order valence-corrected chi connectivity index (χ0v) is 23.7. The number of likely N-dealkylation sites (tertiary alicyclic amines) is 1. The van der Waals surface area contributed by atoms with Crippen molar-refractivity contribution in [2.24, 2.45) is 17.3 Å². The van der Waals surface area contributed by atoms with Crippen LogP contribution in [0.5, 0.6) is 0 Å². The molecule has 208 valence electrons. The lowest BCUT2D eigenvalue weighted by atomic mass is 9.43. The summed E-state index contributed by atoms with van der Waals surface area (Å²) < 4.78 is 24.6. The minimum Gasteiger partial charge on any atom is -0.444 e. The Morgan fingerprint density at radius 3 is 2.61 bits per heavy atom. The molecule has 2 heterocycles. The van der Waals surface area contributed by atoms with Crippen LogP contribution in [0.15, 0.2) is 30.3 Å². The van der Waals surface area contributed by atoms with Crippen LogP contribution in [-0.2, 0) is 25.2 Å². The van der Waals surface area contributed by atoms with Crippen LogP contribution >= 0.6 is 0 Å². The highest BCUT2D eigenvalue weighted by Gasteiger charge is 2.68. The maximum Gasteiger partial charge on any atom is 0.482 e. The summed E-state index contributed by atoms with van der Waals surface area (Å²) >= 11 is 0. The van der Waals surface area contributed by atoms with Crippen LogP contribution in [0.3, 0.4) is 0 Å². The number of ether oxygens (including phenoxy) is 2. The number of nitrogens with one attached hydrogen (secondary N) is 1. The van der Waals surface area contributed by atoms with E-state index in [2.05, 4.69) is 26.1 Å². The molecule has 0 unspecified atom stereocenters. The molecular formula is C29H43BN2O6. The van der Waals surface area contributed by atoms with Crippen molar-refractivity contribution in [3.63, 3.8) is 0 Å². The maximum atomic E-state index is 13.2. The molecule has 8 nitrogen and oxygen atoms in total. The average Bonchev–Trinajstić information content (AvgIpc) is 3.20. The van der Waals surface area contributed by atoms with Gasteiger partial charge in [0.2, 0.25) is 0 Å². The molecule has 38 heavy (non-hydrogen) atoms. The minimum atomic E-state index is -0.572. The average molecular weight is 526 g/mol. The van der Waals surface area contributed by atoms with Crippen LogP contribution < -0.4 is 5.32 Å². The van der Waals surface area contributed by atoms with Crippen molar-refractivity contribution >= 4 is 19.3 Å². The Labute approximate surface area is 227 Å². The van der Waals surface area contributed by atoms with Gasteiger partial charge in [0.05, 0.1) is 24.2 Å². The first-order valence-electron chi connectivity index (χ1n) is 14.2. The van der Waals surface area contributed by atoms with Gasteiger partial charge in [-0.25, -0.2) is 9.59 Å². The molecule has 0 spiro atoms. The van der Waals surface area contributed by atoms with Crippen molar-refractivity contribution < 1.29 is 28.4 Å². The minimum absolute atomic E-state index is 0.0288. The van der Waals surface area contributed by atoms with Crippen molar-refractivity contribution in [3.05, 3.63) is 35.9 Å². The molecule has 3 saturated carbocycles. The molecule has 1 aromatic rings.